The van der Waals surface area contributed by atoms with Crippen LogP contribution in [0.4, 0.5) is 0 Å². The molecule has 0 spiro atoms. The minimum Gasteiger partial charge on any atom is -0.356 e. The predicted molar refractivity (Wildman–Crippen MR) is 102 cm³/mol. The van der Waals surface area contributed by atoms with Crippen LogP contribution in [0.5, 0.6) is 0 Å². The van der Waals surface area contributed by atoms with Gasteiger partial charge in [-0.3, -0.25) is 4.99 Å². The Kier molecular flexibility index (Phi) is 9.13. The molecule has 0 aliphatic carbocycles. The number of hydrogen-bond acceptors (Lipinski definition) is 1. The van der Waals surface area contributed by atoms with Crippen molar-refractivity contribution in [3.8, 4) is 0 Å². The van der Waals surface area contributed by atoms with Gasteiger partial charge >= 0.3 is 0 Å². The predicted octanol–water partition coefficient (Wildman–Crippen LogP) is 3.70. The molecule has 0 atom stereocenters. The van der Waals surface area contributed by atoms with E-state index in [9.17, 15) is 0 Å². The van der Waals surface area contributed by atoms with E-state index in [1.807, 2.05) is 6.08 Å². The van der Waals surface area contributed by atoms with Crippen molar-refractivity contribution >= 4 is 45.9 Å². The summed E-state index contributed by atoms with van der Waals surface area (Å²) in [5.41, 5.74) is 1.33. The Morgan fingerprint density at radius 2 is 1.90 bits per heavy atom. The number of halogens is 2. The van der Waals surface area contributed by atoms with Gasteiger partial charge in [-0.25, -0.2) is 0 Å². The Morgan fingerprint density at radius 1 is 1.30 bits per heavy atom. The van der Waals surface area contributed by atoms with Crippen molar-refractivity contribution in [3.05, 3.63) is 47.0 Å². The van der Waals surface area contributed by atoms with E-state index in [0.29, 0.717) is 6.54 Å². The van der Waals surface area contributed by atoms with Crippen LogP contribution in [-0.2, 0) is 5.41 Å². The molecule has 0 saturated carbocycles. The standard InChI is InChI=1S/C15H22BrN3.HI/c1-5-10-18-14(17-4)19-11-15(2,3)12-6-8-13(16)9-7-12;/h5-9H,1,10-11H2,2-4H3,(H2,17,18,19);1H. The van der Waals surface area contributed by atoms with Crippen molar-refractivity contribution in [2.45, 2.75) is 19.3 Å². The summed E-state index contributed by atoms with van der Waals surface area (Å²) in [4.78, 5) is 4.18. The van der Waals surface area contributed by atoms with E-state index in [-0.39, 0.29) is 29.4 Å². The van der Waals surface area contributed by atoms with Gasteiger partial charge in [0.1, 0.15) is 0 Å². The van der Waals surface area contributed by atoms with E-state index in [2.05, 4.69) is 76.2 Å². The van der Waals surface area contributed by atoms with E-state index in [1.54, 1.807) is 7.05 Å². The zero-order valence-corrected chi connectivity index (χ0v) is 16.2. The number of hydrogen-bond donors (Lipinski definition) is 2. The first kappa shape index (κ1) is 19.4. The van der Waals surface area contributed by atoms with Crippen molar-refractivity contribution in [1.29, 1.82) is 0 Å². The first-order chi connectivity index (χ1) is 8.99. The Hall–Kier alpha value is -0.560. The molecular formula is C15H23BrIN3. The van der Waals surface area contributed by atoms with Gasteiger partial charge in [-0.2, -0.15) is 0 Å². The monoisotopic (exact) mass is 451 g/mol. The SMILES string of the molecule is C=CCNC(=NC)NCC(C)(C)c1ccc(Br)cc1.I. The Morgan fingerprint density at radius 3 is 2.40 bits per heavy atom. The molecule has 0 saturated heterocycles. The third-order valence-electron chi connectivity index (χ3n) is 2.96. The van der Waals surface area contributed by atoms with Crippen LogP contribution in [0.1, 0.15) is 19.4 Å². The van der Waals surface area contributed by atoms with Gasteiger partial charge in [-0.05, 0) is 17.7 Å². The van der Waals surface area contributed by atoms with Crippen LogP contribution >= 0.6 is 39.9 Å². The zero-order valence-electron chi connectivity index (χ0n) is 12.2. The molecule has 0 radical (unpaired) electrons. The summed E-state index contributed by atoms with van der Waals surface area (Å²) in [7, 11) is 1.77. The first-order valence-corrected chi connectivity index (χ1v) is 7.10. The van der Waals surface area contributed by atoms with Crippen LogP contribution in [0.3, 0.4) is 0 Å². The highest BCUT2D eigenvalue weighted by atomic mass is 127. The van der Waals surface area contributed by atoms with E-state index in [1.165, 1.54) is 5.56 Å². The number of guanidine groups is 1. The number of nitrogens with zero attached hydrogens (tertiary/aromatic N) is 1. The molecule has 0 fully saturated rings. The fourth-order valence-electron chi connectivity index (χ4n) is 1.70. The highest BCUT2D eigenvalue weighted by molar-refractivity contribution is 14.0. The molecule has 2 N–H and O–H groups in total. The topological polar surface area (TPSA) is 36.4 Å². The van der Waals surface area contributed by atoms with E-state index >= 15 is 0 Å². The van der Waals surface area contributed by atoms with Crippen molar-refractivity contribution < 1.29 is 0 Å². The quantitative estimate of drug-likeness (QED) is 0.310. The van der Waals surface area contributed by atoms with Crippen LogP contribution in [0.25, 0.3) is 0 Å². The number of benzene rings is 1. The van der Waals surface area contributed by atoms with Gasteiger partial charge in [0.05, 0.1) is 0 Å². The molecule has 0 aromatic heterocycles. The largest absolute Gasteiger partial charge is 0.356 e. The molecule has 0 amide bonds. The third-order valence-corrected chi connectivity index (χ3v) is 3.49. The lowest BCUT2D eigenvalue weighted by molar-refractivity contribution is 0.509. The summed E-state index contributed by atoms with van der Waals surface area (Å²) in [5, 5.41) is 6.50. The van der Waals surface area contributed by atoms with Gasteiger partial charge in [-0.15, -0.1) is 30.6 Å². The fourth-order valence-corrected chi connectivity index (χ4v) is 1.96. The third kappa shape index (κ3) is 6.26. The Balaban J connectivity index is 0.00000361. The maximum atomic E-state index is 4.18. The average molecular weight is 452 g/mol. The van der Waals surface area contributed by atoms with Gasteiger partial charge in [-0.1, -0.05) is 48.0 Å². The van der Waals surface area contributed by atoms with Gasteiger partial charge in [0.25, 0.3) is 0 Å². The van der Waals surface area contributed by atoms with E-state index < -0.39 is 0 Å². The molecule has 0 heterocycles. The highest BCUT2D eigenvalue weighted by Crippen LogP contribution is 2.23. The van der Waals surface area contributed by atoms with Crippen molar-refractivity contribution in [2.24, 2.45) is 4.99 Å². The second kappa shape index (κ2) is 9.39. The fraction of sp³-hybridized carbons (Fsp3) is 0.400. The molecule has 1 aromatic carbocycles. The molecule has 1 aromatic rings. The van der Waals surface area contributed by atoms with Crippen molar-refractivity contribution in [2.75, 3.05) is 20.1 Å². The molecule has 0 aliphatic rings. The molecular weight excluding hydrogens is 429 g/mol. The summed E-state index contributed by atoms with van der Waals surface area (Å²) in [5.74, 6) is 0.796. The summed E-state index contributed by atoms with van der Waals surface area (Å²) in [6.07, 6.45) is 1.81. The molecule has 112 valence electrons. The van der Waals surface area contributed by atoms with Crippen LogP contribution in [0, 0.1) is 0 Å². The molecule has 3 nitrogen and oxygen atoms in total. The molecule has 0 bridgehead atoms. The minimum atomic E-state index is 0. The molecule has 0 aliphatic heterocycles. The zero-order chi connectivity index (χ0) is 14.3. The molecule has 0 unspecified atom stereocenters. The number of rotatable bonds is 5. The summed E-state index contributed by atoms with van der Waals surface area (Å²) in [6.45, 7) is 9.62. The summed E-state index contributed by atoms with van der Waals surface area (Å²) >= 11 is 3.46. The molecule has 5 heteroatoms. The minimum absolute atomic E-state index is 0. The summed E-state index contributed by atoms with van der Waals surface area (Å²) < 4.78 is 1.10. The highest BCUT2D eigenvalue weighted by Gasteiger charge is 2.20. The van der Waals surface area contributed by atoms with Gasteiger partial charge in [0.2, 0.25) is 0 Å². The number of aliphatic imine (C=N–C) groups is 1. The second-order valence-corrected chi connectivity index (χ2v) is 5.90. The van der Waals surface area contributed by atoms with Crippen molar-refractivity contribution in [1.82, 2.24) is 10.6 Å². The average Bonchev–Trinajstić information content (AvgIpc) is 2.39. The first-order valence-electron chi connectivity index (χ1n) is 6.31. The van der Waals surface area contributed by atoms with Gasteiger partial charge in [0, 0.05) is 30.0 Å². The lowest BCUT2D eigenvalue weighted by Gasteiger charge is -2.26. The van der Waals surface area contributed by atoms with Crippen LogP contribution < -0.4 is 10.6 Å². The second-order valence-electron chi connectivity index (χ2n) is 4.99. The molecule has 1 rings (SSSR count). The van der Waals surface area contributed by atoms with E-state index in [0.717, 1.165) is 17.0 Å². The van der Waals surface area contributed by atoms with Gasteiger partial charge < -0.3 is 10.6 Å². The Bertz CT molecular complexity index is 441. The normalized spacial score (nSPS) is 11.5. The maximum absolute atomic E-state index is 4.18. The van der Waals surface area contributed by atoms with Crippen molar-refractivity contribution in [3.63, 3.8) is 0 Å². The van der Waals surface area contributed by atoms with Gasteiger partial charge in [0.15, 0.2) is 5.96 Å². The molecule has 20 heavy (non-hydrogen) atoms. The lowest BCUT2D eigenvalue weighted by atomic mass is 9.85. The van der Waals surface area contributed by atoms with Crippen LogP contribution in [0.15, 0.2) is 46.4 Å². The van der Waals surface area contributed by atoms with E-state index in [4.69, 9.17) is 0 Å². The summed E-state index contributed by atoms with van der Waals surface area (Å²) in [6, 6.07) is 8.43. The smallest absolute Gasteiger partial charge is 0.191 e. The number of nitrogens with one attached hydrogen (secondary N) is 2. The lowest BCUT2D eigenvalue weighted by Crippen LogP contribution is -2.43. The van der Waals surface area contributed by atoms with Crippen LogP contribution in [0.2, 0.25) is 0 Å². The Labute approximate surface area is 147 Å². The van der Waals surface area contributed by atoms with Crippen LogP contribution in [-0.4, -0.2) is 26.1 Å². The maximum Gasteiger partial charge on any atom is 0.191 e.